The van der Waals surface area contributed by atoms with Gasteiger partial charge in [0.15, 0.2) is 6.71 Å². The standard InChI is InChI=1S/C20H31B/c1-17-12-14-18(15-13-17)16-21(19-8-4-2-5-9-19)20-10-6-3-7-11-20/h12-15,19-20H,2-11,16H2,1H3. The Hall–Kier alpha value is -0.715. The summed E-state index contributed by atoms with van der Waals surface area (Å²) in [5, 5.41) is 0. The first-order valence-electron chi connectivity index (χ1n) is 9.38. The van der Waals surface area contributed by atoms with E-state index in [9.17, 15) is 0 Å². The highest BCUT2D eigenvalue weighted by Crippen LogP contribution is 2.42. The van der Waals surface area contributed by atoms with Crippen LogP contribution >= 0.6 is 0 Å². The highest BCUT2D eigenvalue weighted by molar-refractivity contribution is 6.61. The van der Waals surface area contributed by atoms with Crippen LogP contribution in [-0.2, 0) is 6.32 Å². The second-order valence-electron chi connectivity index (χ2n) is 7.65. The first-order chi connectivity index (χ1) is 10.3. The average molecular weight is 282 g/mol. The molecule has 0 amide bonds. The van der Waals surface area contributed by atoms with Crippen molar-refractivity contribution in [1.29, 1.82) is 0 Å². The Labute approximate surface area is 131 Å². The van der Waals surface area contributed by atoms with Crippen LogP contribution in [-0.4, -0.2) is 6.71 Å². The molecule has 1 aromatic rings. The summed E-state index contributed by atoms with van der Waals surface area (Å²) in [5.74, 6) is 2.03. The molecule has 114 valence electrons. The van der Waals surface area contributed by atoms with E-state index in [2.05, 4.69) is 31.2 Å². The number of hydrogen-bond acceptors (Lipinski definition) is 0. The quantitative estimate of drug-likeness (QED) is 0.573. The summed E-state index contributed by atoms with van der Waals surface area (Å²) in [6.45, 7) is 3.16. The van der Waals surface area contributed by atoms with E-state index in [1.54, 1.807) is 5.56 Å². The monoisotopic (exact) mass is 282 g/mol. The third kappa shape index (κ3) is 4.14. The molecule has 0 heterocycles. The average Bonchev–Trinajstić information content (AvgIpc) is 2.56. The smallest absolute Gasteiger partial charge is 0.0616 e. The van der Waals surface area contributed by atoms with Gasteiger partial charge >= 0.3 is 0 Å². The summed E-state index contributed by atoms with van der Waals surface area (Å²) in [4.78, 5) is 0. The van der Waals surface area contributed by atoms with Crippen molar-refractivity contribution < 1.29 is 0 Å². The zero-order chi connectivity index (χ0) is 14.5. The van der Waals surface area contributed by atoms with Crippen molar-refractivity contribution in [2.75, 3.05) is 0 Å². The van der Waals surface area contributed by atoms with Crippen LogP contribution in [0.5, 0.6) is 0 Å². The summed E-state index contributed by atoms with van der Waals surface area (Å²) < 4.78 is 0. The lowest BCUT2D eigenvalue weighted by Gasteiger charge is -2.36. The van der Waals surface area contributed by atoms with Gasteiger partial charge in [-0.05, 0) is 13.2 Å². The van der Waals surface area contributed by atoms with Gasteiger partial charge in [-0.25, -0.2) is 0 Å². The molecule has 0 N–H and O–H groups in total. The lowest BCUT2D eigenvalue weighted by Crippen LogP contribution is -2.32. The summed E-state index contributed by atoms with van der Waals surface area (Å²) >= 11 is 0. The third-order valence-electron chi connectivity index (χ3n) is 6.10. The lowest BCUT2D eigenvalue weighted by molar-refractivity contribution is 0.460. The van der Waals surface area contributed by atoms with Crippen LogP contribution in [0.25, 0.3) is 0 Å². The van der Waals surface area contributed by atoms with Crippen molar-refractivity contribution in [3.8, 4) is 0 Å². The summed E-state index contributed by atoms with van der Waals surface area (Å²) in [5.41, 5.74) is 2.98. The topological polar surface area (TPSA) is 0 Å². The number of rotatable bonds is 4. The number of aryl methyl sites for hydroxylation is 1. The predicted octanol–water partition coefficient (Wildman–Crippen LogP) is 6.24. The zero-order valence-electron chi connectivity index (χ0n) is 13.8. The fourth-order valence-electron chi connectivity index (χ4n) is 4.84. The second-order valence-corrected chi connectivity index (χ2v) is 7.65. The molecule has 0 aliphatic heterocycles. The minimum atomic E-state index is 0.966. The molecule has 0 nitrogen and oxygen atoms in total. The Morgan fingerprint density at radius 3 is 1.71 bits per heavy atom. The van der Waals surface area contributed by atoms with Crippen molar-refractivity contribution >= 4 is 6.71 Å². The molecule has 3 rings (SSSR count). The molecule has 0 saturated heterocycles. The van der Waals surface area contributed by atoms with Gasteiger partial charge in [0.1, 0.15) is 0 Å². The molecular formula is C20H31B. The maximum absolute atomic E-state index is 2.38. The Morgan fingerprint density at radius 1 is 0.762 bits per heavy atom. The zero-order valence-corrected chi connectivity index (χ0v) is 13.8. The molecule has 0 atom stereocenters. The van der Waals surface area contributed by atoms with Crippen LogP contribution in [0.4, 0.5) is 0 Å². The van der Waals surface area contributed by atoms with Gasteiger partial charge in [-0.1, -0.05) is 111 Å². The van der Waals surface area contributed by atoms with E-state index in [4.69, 9.17) is 0 Å². The van der Waals surface area contributed by atoms with Crippen LogP contribution in [0.2, 0.25) is 11.6 Å². The molecule has 1 heteroatoms. The largest absolute Gasteiger partial charge is 0.150 e. The Kier molecular flexibility index (Phi) is 5.44. The second kappa shape index (κ2) is 7.52. The van der Waals surface area contributed by atoms with Crippen molar-refractivity contribution in [2.24, 2.45) is 0 Å². The molecule has 0 aromatic heterocycles. The fourth-order valence-corrected chi connectivity index (χ4v) is 4.84. The normalized spacial score (nSPS) is 21.4. The first-order valence-corrected chi connectivity index (χ1v) is 9.38. The Balaban J connectivity index is 1.72. The van der Waals surface area contributed by atoms with E-state index in [-0.39, 0.29) is 0 Å². The highest BCUT2D eigenvalue weighted by Gasteiger charge is 2.34. The Bertz CT molecular complexity index is 392. The number of hydrogen-bond donors (Lipinski definition) is 0. The van der Waals surface area contributed by atoms with Crippen LogP contribution in [0.3, 0.4) is 0 Å². The molecule has 2 aliphatic rings. The highest BCUT2D eigenvalue weighted by atomic mass is 14.2. The molecule has 2 fully saturated rings. The van der Waals surface area contributed by atoms with Gasteiger partial charge in [0.05, 0.1) is 0 Å². The molecule has 0 spiro atoms. The maximum atomic E-state index is 2.38. The van der Waals surface area contributed by atoms with E-state index < -0.39 is 0 Å². The molecule has 2 aliphatic carbocycles. The SMILES string of the molecule is Cc1ccc(CB(C2CCCCC2)C2CCCCC2)cc1. The predicted molar refractivity (Wildman–Crippen MR) is 94.3 cm³/mol. The third-order valence-corrected chi connectivity index (χ3v) is 6.10. The molecule has 0 bridgehead atoms. The minimum Gasteiger partial charge on any atom is -0.0616 e. The van der Waals surface area contributed by atoms with Gasteiger partial charge in [0.2, 0.25) is 0 Å². The summed E-state index contributed by atoms with van der Waals surface area (Å²) in [6.07, 6.45) is 16.3. The van der Waals surface area contributed by atoms with Crippen LogP contribution in [0.1, 0.15) is 75.3 Å². The van der Waals surface area contributed by atoms with Crippen LogP contribution in [0, 0.1) is 6.92 Å². The van der Waals surface area contributed by atoms with Gasteiger partial charge in [-0.15, -0.1) is 0 Å². The van der Waals surface area contributed by atoms with Gasteiger partial charge in [0, 0.05) is 0 Å². The van der Waals surface area contributed by atoms with E-state index in [1.807, 2.05) is 0 Å². The van der Waals surface area contributed by atoms with E-state index in [0.717, 1.165) is 18.3 Å². The van der Waals surface area contributed by atoms with Crippen molar-refractivity contribution in [2.45, 2.75) is 89.1 Å². The first kappa shape index (κ1) is 15.2. The summed E-state index contributed by atoms with van der Waals surface area (Å²) in [6, 6.07) is 9.37. The summed E-state index contributed by atoms with van der Waals surface area (Å²) in [7, 11) is 0. The van der Waals surface area contributed by atoms with Crippen LogP contribution in [0.15, 0.2) is 24.3 Å². The van der Waals surface area contributed by atoms with Crippen molar-refractivity contribution in [3.63, 3.8) is 0 Å². The molecule has 0 radical (unpaired) electrons. The fraction of sp³-hybridized carbons (Fsp3) is 0.700. The molecule has 2 saturated carbocycles. The maximum Gasteiger partial charge on any atom is 0.150 e. The molecule has 0 unspecified atom stereocenters. The molecule has 21 heavy (non-hydrogen) atoms. The van der Waals surface area contributed by atoms with Gasteiger partial charge in [-0.3, -0.25) is 0 Å². The lowest BCUT2D eigenvalue weighted by atomic mass is 9.28. The Morgan fingerprint density at radius 2 is 1.24 bits per heavy atom. The van der Waals surface area contributed by atoms with E-state index in [1.165, 1.54) is 76.1 Å². The minimum absolute atomic E-state index is 0.966. The van der Waals surface area contributed by atoms with Gasteiger partial charge in [0.25, 0.3) is 0 Å². The van der Waals surface area contributed by atoms with E-state index in [0.29, 0.717) is 0 Å². The van der Waals surface area contributed by atoms with Crippen molar-refractivity contribution in [3.05, 3.63) is 35.4 Å². The van der Waals surface area contributed by atoms with Gasteiger partial charge < -0.3 is 0 Å². The van der Waals surface area contributed by atoms with E-state index >= 15 is 0 Å². The van der Waals surface area contributed by atoms with Crippen molar-refractivity contribution in [1.82, 2.24) is 0 Å². The van der Waals surface area contributed by atoms with Crippen LogP contribution < -0.4 is 0 Å². The molecular weight excluding hydrogens is 251 g/mol. The van der Waals surface area contributed by atoms with Gasteiger partial charge in [-0.2, -0.15) is 0 Å². The number of benzene rings is 1. The molecule has 1 aromatic carbocycles.